The summed E-state index contributed by atoms with van der Waals surface area (Å²) in [7, 11) is 0. The molecule has 0 saturated heterocycles. The van der Waals surface area contributed by atoms with Crippen molar-refractivity contribution < 1.29 is 137 Å². The van der Waals surface area contributed by atoms with Crippen LogP contribution in [0.4, 0.5) is 61.5 Å². The third-order valence-corrected chi connectivity index (χ3v) is 17.7. The predicted molar refractivity (Wildman–Crippen MR) is 255 cm³/mol. The molecule has 4 fully saturated rings. The monoisotopic (exact) mass is 1210 g/mol. The van der Waals surface area contributed by atoms with Crippen LogP contribution in [-0.2, 0) is 35.2 Å². The van der Waals surface area contributed by atoms with Crippen LogP contribution in [0, 0.1) is 23.7 Å². The maximum absolute atomic E-state index is 14.9. The Morgan fingerprint density at radius 2 is 0.892 bits per heavy atom. The minimum absolute atomic E-state index is 0. The number of thiophene rings is 2. The molecule has 0 bridgehead atoms. The summed E-state index contributed by atoms with van der Waals surface area (Å²) in [6, 6.07) is 3.72. The number of hydrogen-bond donors (Lipinski definition) is 3. The fourth-order valence-electron chi connectivity index (χ4n) is 10.9. The molecule has 74 heavy (non-hydrogen) atoms. The molecule has 0 amide bonds. The Morgan fingerprint density at radius 1 is 0.541 bits per heavy atom. The van der Waals surface area contributed by atoms with E-state index in [1.165, 1.54) is 56.4 Å². The van der Waals surface area contributed by atoms with Gasteiger partial charge in [-0.3, -0.25) is 0 Å². The van der Waals surface area contributed by atoms with E-state index in [2.05, 4.69) is 39.3 Å². The molecule has 2 aromatic rings. The molecular formula is C46H69BBrF14NaO9S2. The summed E-state index contributed by atoms with van der Waals surface area (Å²) in [5.74, 6) is -3.85. The number of fused-ring (bicyclic) bond motifs is 2. The Bertz CT molecular complexity index is 1880. The van der Waals surface area contributed by atoms with E-state index < -0.39 is 141 Å². The van der Waals surface area contributed by atoms with Gasteiger partial charge in [-0.1, -0.05) is 66.3 Å². The van der Waals surface area contributed by atoms with Crippen LogP contribution in [0.15, 0.2) is 12.1 Å². The van der Waals surface area contributed by atoms with E-state index in [0.717, 1.165) is 43.4 Å². The topological polar surface area (TPSA) is 205 Å². The van der Waals surface area contributed by atoms with Gasteiger partial charge in [-0.15, -0.1) is 11.3 Å². The summed E-state index contributed by atoms with van der Waals surface area (Å²) in [6.45, 7) is 1.03. The summed E-state index contributed by atoms with van der Waals surface area (Å²) in [4.78, 5) is 2.72. The van der Waals surface area contributed by atoms with Crippen molar-refractivity contribution in [3.05, 3.63) is 37.9 Å². The molecule has 2 heterocycles. The Labute approximate surface area is 460 Å². The van der Waals surface area contributed by atoms with Crippen LogP contribution in [-0.4, -0.2) is 135 Å². The van der Waals surface area contributed by atoms with Gasteiger partial charge in [0.25, 0.3) is 0 Å². The van der Waals surface area contributed by atoms with E-state index in [0.29, 0.717) is 16.6 Å². The number of halogens is 15. The molecule has 2 aromatic heterocycles. The number of ether oxygens (including phenoxy) is 2. The van der Waals surface area contributed by atoms with E-state index >= 15 is 0 Å². The van der Waals surface area contributed by atoms with Crippen LogP contribution in [0.5, 0.6) is 0 Å². The van der Waals surface area contributed by atoms with Gasteiger partial charge in [0.2, 0.25) is 0 Å². The standard InChI is InChI=1S/C23H29F7OS.C13H16BrF7O.C10H16BO3S.Na.4H2O/c1-2-3-11-4-12-8-20(32-19(12)5-11)13-6-15(24)21(16(25)7-13)23(29,30)31-14-9-17(26)22(28)18(27)10-14;14-5-1-7(15)11(8(16)2-5)13(20,21)22-6-3-9(17)12(19)10(18)4-6;1-2-3-7-4-8-6-10(11(12,13)14)15-9(8)5-7;;;;;/h8,11,13-18,21-22H,2-7,9-10H2,1H3;5-12H,1-4H2;6-7,12-14H,2-5H2,1H3;;4*1H2/q;;-1;+1;;;;. The molecule has 0 aliphatic heterocycles. The average Bonchev–Trinajstić information content (AvgIpc) is 3.99. The molecule has 428 valence electrons. The fraction of sp³-hybridized carbons (Fsp3) is 0.826. The minimum atomic E-state index is -4.23. The van der Waals surface area contributed by atoms with Crippen LogP contribution < -0.4 is 34.3 Å². The molecule has 0 radical (unpaired) electrons. The number of alkyl halides is 15. The normalized spacial score (nSPS) is 35.8. The quantitative estimate of drug-likeness (QED) is 0.134. The van der Waals surface area contributed by atoms with Gasteiger partial charge in [-0.2, -0.15) is 28.9 Å². The molecule has 4 saturated carbocycles. The van der Waals surface area contributed by atoms with E-state index in [1.54, 1.807) is 6.07 Å². The first-order chi connectivity index (χ1) is 32.2. The first kappa shape index (κ1) is 71.6. The zero-order valence-electron chi connectivity index (χ0n) is 41.1. The van der Waals surface area contributed by atoms with Crippen LogP contribution in [0.25, 0.3) is 0 Å². The average molecular weight is 1210 g/mol. The summed E-state index contributed by atoms with van der Waals surface area (Å²) >= 11 is 5.84. The summed E-state index contributed by atoms with van der Waals surface area (Å²) in [6.07, 6.45) is -29.8. The summed E-state index contributed by atoms with van der Waals surface area (Å²) < 4.78 is 204. The van der Waals surface area contributed by atoms with Gasteiger partial charge in [0, 0.05) is 45.1 Å². The number of hydrogen-bond acceptors (Lipinski definition) is 7. The van der Waals surface area contributed by atoms with Gasteiger partial charge in [-0.05, 0) is 86.3 Å². The van der Waals surface area contributed by atoms with Crippen molar-refractivity contribution in [2.24, 2.45) is 23.7 Å². The van der Waals surface area contributed by atoms with Crippen LogP contribution in [0.1, 0.15) is 123 Å². The van der Waals surface area contributed by atoms with Crippen molar-refractivity contribution in [3.63, 3.8) is 0 Å². The second kappa shape index (κ2) is 29.9. The van der Waals surface area contributed by atoms with E-state index in [1.807, 2.05) is 6.07 Å². The van der Waals surface area contributed by atoms with Crippen molar-refractivity contribution in [3.8, 4) is 0 Å². The molecule has 6 aliphatic carbocycles. The van der Waals surface area contributed by atoms with Gasteiger partial charge in [-0.25, -0.2) is 43.9 Å². The Hall–Kier alpha value is -0.395. The summed E-state index contributed by atoms with van der Waals surface area (Å²) in [5.41, 5.74) is 2.40. The zero-order chi connectivity index (χ0) is 50.9. The van der Waals surface area contributed by atoms with Crippen molar-refractivity contribution in [1.29, 1.82) is 0 Å². The molecule has 9 nitrogen and oxygen atoms in total. The van der Waals surface area contributed by atoms with Crippen molar-refractivity contribution in [2.75, 3.05) is 0 Å². The first-order valence-electron chi connectivity index (χ1n) is 23.9. The van der Waals surface area contributed by atoms with Crippen LogP contribution in [0.3, 0.4) is 0 Å². The molecule has 0 aromatic carbocycles. The SMILES string of the molecule is CCCC1Cc2cc(C3CC(F)C(C(F)(F)OC4CC(F)C(F)C(F)C4)C(F)C3)sc2C1.CCCC1Cc2cc([B-](O)(O)O)sc2C1.FC1CC(OC(F)(F)C2C(F)CC(Br)CC2F)CC(F)C1F.O.O.O.O.[Na+]. The maximum Gasteiger partial charge on any atom is 1.00 e. The molecule has 6 aliphatic rings. The molecule has 8 rings (SSSR count). The zero-order valence-corrected chi connectivity index (χ0v) is 46.3. The minimum Gasteiger partial charge on any atom is -0.555 e. The van der Waals surface area contributed by atoms with E-state index in [9.17, 15) is 61.5 Å². The fourth-order valence-corrected chi connectivity index (χ4v) is 14.3. The van der Waals surface area contributed by atoms with Crippen LogP contribution in [0.2, 0.25) is 0 Å². The molecule has 10 atom stereocenters. The third kappa shape index (κ3) is 17.8. The molecular weight excluding hydrogens is 1140 g/mol. The Kier molecular flexibility index (Phi) is 28.9. The number of rotatable bonds is 12. The van der Waals surface area contributed by atoms with Crippen molar-refractivity contribution in [2.45, 2.75) is 213 Å². The van der Waals surface area contributed by atoms with Gasteiger partial charge < -0.3 is 46.5 Å². The Morgan fingerprint density at radius 3 is 1.23 bits per heavy atom. The molecule has 28 heteroatoms. The van der Waals surface area contributed by atoms with Crippen molar-refractivity contribution in [1.82, 2.24) is 0 Å². The third-order valence-electron chi connectivity index (χ3n) is 14.3. The Balaban J connectivity index is 0.000000572. The van der Waals surface area contributed by atoms with E-state index in [-0.39, 0.29) is 77.1 Å². The predicted octanol–water partition coefficient (Wildman–Crippen LogP) is 5.93. The molecule has 11 N–H and O–H groups in total. The summed E-state index contributed by atoms with van der Waals surface area (Å²) in [5, 5.41) is 27.3. The van der Waals surface area contributed by atoms with Gasteiger partial charge >= 0.3 is 48.5 Å². The smallest absolute Gasteiger partial charge is 0.555 e. The molecule has 10 unspecified atom stereocenters. The second-order valence-electron chi connectivity index (χ2n) is 19.9. The van der Waals surface area contributed by atoms with Gasteiger partial charge in [0.15, 0.2) is 12.3 Å². The maximum atomic E-state index is 14.9. The van der Waals surface area contributed by atoms with Gasteiger partial charge in [0.1, 0.15) is 61.2 Å². The van der Waals surface area contributed by atoms with Crippen LogP contribution >= 0.6 is 38.6 Å². The van der Waals surface area contributed by atoms with Gasteiger partial charge in [0.05, 0.1) is 12.2 Å². The van der Waals surface area contributed by atoms with E-state index in [4.69, 9.17) is 15.1 Å². The second-order valence-corrected chi connectivity index (χ2v) is 23.5. The molecule has 0 spiro atoms. The van der Waals surface area contributed by atoms with Crippen molar-refractivity contribution >= 4 is 50.1 Å². The first-order valence-corrected chi connectivity index (χ1v) is 26.5. The largest absolute Gasteiger partial charge is 1.00 e.